The van der Waals surface area contributed by atoms with Crippen LogP contribution in [0.4, 0.5) is 0 Å². The quantitative estimate of drug-likeness (QED) is 0.677. The van der Waals surface area contributed by atoms with E-state index in [-0.39, 0.29) is 5.41 Å². The molecule has 0 saturated heterocycles. The normalized spacial score (nSPS) is 14.9. The summed E-state index contributed by atoms with van der Waals surface area (Å²) in [5, 5.41) is 0. The Labute approximate surface area is 84.5 Å². The third-order valence-corrected chi connectivity index (χ3v) is 2.30. The summed E-state index contributed by atoms with van der Waals surface area (Å²) in [6, 6.07) is 8.00. The van der Waals surface area contributed by atoms with E-state index in [1.165, 1.54) is 0 Å². The van der Waals surface area contributed by atoms with Crippen molar-refractivity contribution in [1.82, 2.24) is 5.48 Å². The molecule has 1 aromatic carbocycles. The molecule has 0 amide bonds. The Balaban J connectivity index is 2.41. The zero-order valence-electron chi connectivity index (χ0n) is 8.79. The summed E-state index contributed by atoms with van der Waals surface area (Å²) in [5.74, 6) is 0.889. The van der Waals surface area contributed by atoms with Crippen LogP contribution in [0.1, 0.15) is 26.3 Å². The van der Waals surface area contributed by atoms with E-state index < -0.39 is 0 Å². The first-order chi connectivity index (χ1) is 6.57. The molecule has 0 fully saturated rings. The molecule has 0 bridgehead atoms. The fourth-order valence-electron chi connectivity index (χ4n) is 1.36. The highest BCUT2D eigenvalue weighted by Gasteiger charge is 2.21. The number of nitrogens with one attached hydrogen (secondary N) is 1. The van der Waals surface area contributed by atoms with Crippen molar-refractivity contribution in [2.75, 3.05) is 0 Å². The van der Waals surface area contributed by atoms with E-state index in [4.69, 9.17) is 4.84 Å². The van der Waals surface area contributed by atoms with E-state index in [2.05, 4.69) is 38.4 Å². The first-order valence-corrected chi connectivity index (χ1v) is 4.81. The number of rotatable bonds is 0. The van der Waals surface area contributed by atoms with Gasteiger partial charge >= 0.3 is 0 Å². The van der Waals surface area contributed by atoms with E-state index in [0.29, 0.717) is 0 Å². The average Bonchev–Trinajstić information content (AvgIpc) is 2.16. The number of hydrogen-bond acceptors (Lipinski definition) is 2. The van der Waals surface area contributed by atoms with Crippen LogP contribution < -0.4 is 10.3 Å². The maximum absolute atomic E-state index is 5.44. The lowest BCUT2D eigenvalue weighted by Gasteiger charge is -2.27. The lowest BCUT2D eigenvalue weighted by Crippen LogP contribution is -2.29. The Bertz CT molecular complexity index is 374. The molecule has 0 radical (unpaired) electrons. The van der Waals surface area contributed by atoms with Crippen LogP contribution >= 0.6 is 0 Å². The summed E-state index contributed by atoms with van der Waals surface area (Å²) < 4.78 is 0. The van der Waals surface area contributed by atoms with Crippen molar-refractivity contribution in [2.24, 2.45) is 5.41 Å². The molecule has 0 aromatic heterocycles. The predicted octanol–water partition coefficient (Wildman–Crippen LogP) is 2.97. The van der Waals surface area contributed by atoms with Crippen molar-refractivity contribution < 1.29 is 4.84 Å². The maximum Gasteiger partial charge on any atom is 0.162 e. The third kappa shape index (κ3) is 1.60. The third-order valence-electron chi connectivity index (χ3n) is 2.30. The highest BCUT2D eigenvalue weighted by atomic mass is 16.6. The van der Waals surface area contributed by atoms with Crippen LogP contribution in [0.25, 0.3) is 6.08 Å². The minimum Gasteiger partial charge on any atom is -0.382 e. The fraction of sp³-hybridized carbons (Fsp3) is 0.333. The summed E-state index contributed by atoms with van der Waals surface area (Å²) in [5.41, 5.74) is 5.31. The smallest absolute Gasteiger partial charge is 0.162 e. The molecule has 2 nitrogen and oxygen atoms in total. The second-order valence-electron chi connectivity index (χ2n) is 4.55. The van der Waals surface area contributed by atoms with Crippen LogP contribution in [0.3, 0.4) is 0 Å². The SMILES string of the molecule is CC(C)(C)C1=Cc2ccccc2ON1. The lowest BCUT2D eigenvalue weighted by atomic mass is 9.90. The van der Waals surface area contributed by atoms with Crippen molar-refractivity contribution >= 4 is 6.08 Å². The minimum absolute atomic E-state index is 0.0908. The molecule has 0 unspecified atom stereocenters. The zero-order valence-corrected chi connectivity index (χ0v) is 8.79. The van der Waals surface area contributed by atoms with Crippen molar-refractivity contribution in [3.63, 3.8) is 0 Å². The molecule has 0 spiro atoms. The van der Waals surface area contributed by atoms with Gasteiger partial charge in [0.15, 0.2) is 5.75 Å². The van der Waals surface area contributed by atoms with Gasteiger partial charge in [0.25, 0.3) is 0 Å². The monoisotopic (exact) mass is 189 g/mol. The number of hydroxylamine groups is 1. The summed E-state index contributed by atoms with van der Waals surface area (Å²) in [6.07, 6.45) is 2.14. The molecule has 0 aliphatic carbocycles. The van der Waals surface area contributed by atoms with Crippen LogP contribution in [-0.4, -0.2) is 0 Å². The van der Waals surface area contributed by atoms with Gasteiger partial charge in [0.1, 0.15) is 0 Å². The largest absolute Gasteiger partial charge is 0.382 e. The van der Waals surface area contributed by atoms with Crippen molar-refractivity contribution in [1.29, 1.82) is 0 Å². The van der Waals surface area contributed by atoms with Gasteiger partial charge in [-0.05, 0) is 12.1 Å². The molecule has 1 aliphatic heterocycles. The molecule has 0 saturated carbocycles. The molecular formula is C12H15NO. The Kier molecular flexibility index (Phi) is 1.99. The first kappa shape index (κ1) is 9.13. The molecule has 1 N–H and O–H groups in total. The van der Waals surface area contributed by atoms with Crippen LogP contribution in [-0.2, 0) is 0 Å². The van der Waals surface area contributed by atoms with Crippen molar-refractivity contribution in [3.8, 4) is 5.75 Å². The van der Waals surface area contributed by atoms with E-state index in [0.717, 1.165) is 17.0 Å². The highest BCUT2D eigenvalue weighted by Crippen LogP contribution is 2.31. The van der Waals surface area contributed by atoms with Gasteiger partial charge in [-0.15, -0.1) is 0 Å². The zero-order chi connectivity index (χ0) is 10.2. The molecule has 74 valence electrons. The second-order valence-corrected chi connectivity index (χ2v) is 4.55. The summed E-state index contributed by atoms with van der Waals surface area (Å²) in [7, 11) is 0. The Morgan fingerprint density at radius 2 is 1.86 bits per heavy atom. The molecule has 2 heteroatoms. The van der Waals surface area contributed by atoms with E-state index in [1.807, 2.05) is 18.2 Å². The van der Waals surface area contributed by atoms with Gasteiger partial charge in [0.2, 0.25) is 0 Å². The van der Waals surface area contributed by atoms with Gasteiger partial charge in [0.05, 0.1) is 5.70 Å². The number of allylic oxidation sites excluding steroid dienone is 1. The number of fused-ring (bicyclic) bond motifs is 1. The fourth-order valence-corrected chi connectivity index (χ4v) is 1.36. The minimum atomic E-state index is 0.0908. The Morgan fingerprint density at radius 3 is 2.57 bits per heavy atom. The molecule has 1 aromatic rings. The van der Waals surface area contributed by atoms with Crippen LogP contribution in [0.15, 0.2) is 30.0 Å². The number of hydrogen-bond donors (Lipinski definition) is 1. The topological polar surface area (TPSA) is 21.3 Å². The summed E-state index contributed by atoms with van der Waals surface area (Å²) in [6.45, 7) is 6.47. The molecule has 2 rings (SSSR count). The number of para-hydroxylation sites is 1. The molecule has 1 aliphatic rings. The second kappa shape index (κ2) is 3.05. The van der Waals surface area contributed by atoms with Crippen molar-refractivity contribution in [3.05, 3.63) is 35.5 Å². The van der Waals surface area contributed by atoms with E-state index in [9.17, 15) is 0 Å². The standard InChI is InChI=1S/C12H15NO/c1-12(2,3)11-8-9-6-4-5-7-10(9)14-13-11/h4-8,13H,1-3H3. The van der Waals surface area contributed by atoms with Gasteiger partial charge in [-0.25, -0.2) is 5.48 Å². The highest BCUT2D eigenvalue weighted by molar-refractivity contribution is 5.61. The van der Waals surface area contributed by atoms with Gasteiger partial charge < -0.3 is 4.84 Å². The molecular weight excluding hydrogens is 174 g/mol. The van der Waals surface area contributed by atoms with Gasteiger partial charge in [-0.1, -0.05) is 39.0 Å². The molecule has 1 heterocycles. The van der Waals surface area contributed by atoms with Crippen molar-refractivity contribution in [2.45, 2.75) is 20.8 Å². The summed E-state index contributed by atoms with van der Waals surface area (Å²) in [4.78, 5) is 5.44. The average molecular weight is 189 g/mol. The predicted molar refractivity (Wildman–Crippen MR) is 57.6 cm³/mol. The van der Waals surface area contributed by atoms with Gasteiger partial charge in [-0.2, -0.15) is 0 Å². The van der Waals surface area contributed by atoms with Crippen LogP contribution in [0.2, 0.25) is 0 Å². The van der Waals surface area contributed by atoms with Crippen LogP contribution in [0, 0.1) is 5.41 Å². The van der Waals surface area contributed by atoms with Gasteiger partial charge in [-0.3, -0.25) is 0 Å². The Morgan fingerprint density at radius 1 is 1.14 bits per heavy atom. The molecule has 14 heavy (non-hydrogen) atoms. The molecule has 0 atom stereocenters. The van der Waals surface area contributed by atoms with E-state index >= 15 is 0 Å². The maximum atomic E-state index is 5.44. The number of benzene rings is 1. The lowest BCUT2D eigenvalue weighted by molar-refractivity contribution is 0.196. The summed E-state index contributed by atoms with van der Waals surface area (Å²) >= 11 is 0. The van der Waals surface area contributed by atoms with E-state index in [1.54, 1.807) is 0 Å². The van der Waals surface area contributed by atoms with Crippen LogP contribution in [0.5, 0.6) is 5.75 Å². The van der Waals surface area contributed by atoms with Gasteiger partial charge in [0, 0.05) is 11.0 Å². The first-order valence-electron chi connectivity index (χ1n) is 4.81. The Hall–Kier alpha value is -1.44.